The number of ether oxygens (including phenoxy) is 1. The Hall–Kier alpha value is -1.31. The molecule has 0 spiro atoms. The van der Waals surface area contributed by atoms with Crippen molar-refractivity contribution in [3.05, 3.63) is 29.3 Å². The third-order valence-electron chi connectivity index (χ3n) is 4.10. The second-order valence-corrected chi connectivity index (χ2v) is 6.94. The predicted octanol–water partition coefficient (Wildman–Crippen LogP) is 4.43. The molecule has 2 heteroatoms. The van der Waals surface area contributed by atoms with Crippen molar-refractivity contribution in [2.75, 3.05) is 6.61 Å². The molecule has 0 bridgehead atoms. The highest BCUT2D eigenvalue weighted by Crippen LogP contribution is 2.32. The van der Waals surface area contributed by atoms with Crippen LogP contribution in [0.2, 0.25) is 0 Å². The minimum absolute atomic E-state index is 0.0756. The molecule has 1 atom stereocenters. The Morgan fingerprint density at radius 3 is 2.65 bits per heavy atom. The standard InChI is InChI=1S/C18H26O2/c1-13-8-9-15(18(2,3)4)17(12-13)20-11-10-14-6-5-7-16(14)19/h8-9,12,14H,5-7,10-11H2,1-4H3. The van der Waals surface area contributed by atoms with Crippen LogP contribution in [0.1, 0.15) is 57.6 Å². The van der Waals surface area contributed by atoms with Gasteiger partial charge < -0.3 is 4.74 Å². The zero-order chi connectivity index (χ0) is 14.8. The maximum atomic E-state index is 11.6. The Morgan fingerprint density at radius 2 is 2.05 bits per heavy atom. The number of Topliss-reactive ketones (excluding diaryl/α,β-unsaturated/α-hetero) is 1. The van der Waals surface area contributed by atoms with E-state index in [0.29, 0.717) is 12.4 Å². The van der Waals surface area contributed by atoms with Crippen LogP contribution in [0.4, 0.5) is 0 Å². The molecule has 1 aromatic carbocycles. The average Bonchev–Trinajstić information content (AvgIpc) is 2.74. The normalized spacial score (nSPS) is 19.4. The predicted molar refractivity (Wildman–Crippen MR) is 82.3 cm³/mol. The van der Waals surface area contributed by atoms with Crippen LogP contribution in [-0.4, -0.2) is 12.4 Å². The summed E-state index contributed by atoms with van der Waals surface area (Å²) in [5, 5.41) is 0. The molecule has 1 saturated carbocycles. The molecular weight excluding hydrogens is 248 g/mol. The molecule has 0 aromatic heterocycles. The van der Waals surface area contributed by atoms with E-state index < -0.39 is 0 Å². The van der Waals surface area contributed by atoms with Crippen LogP contribution in [0.25, 0.3) is 0 Å². The highest BCUT2D eigenvalue weighted by Gasteiger charge is 2.24. The quantitative estimate of drug-likeness (QED) is 0.812. The number of carbonyl (C=O) groups is 1. The summed E-state index contributed by atoms with van der Waals surface area (Å²) in [6, 6.07) is 6.40. The van der Waals surface area contributed by atoms with Crippen molar-refractivity contribution >= 4 is 5.78 Å². The van der Waals surface area contributed by atoms with Gasteiger partial charge in [0.05, 0.1) is 6.61 Å². The molecule has 0 saturated heterocycles. The summed E-state index contributed by atoms with van der Waals surface area (Å²) in [4.78, 5) is 11.6. The maximum absolute atomic E-state index is 11.6. The zero-order valence-electron chi connectivity index (χ0n) is 13.2. The lowest BCUT2D eigenvalue weighted by Gasteiger charge is -2.23. The van der Waals surface area contributed by atoms with Crippen LogP contribution in [0, 0.1) is 12.8 Å². The van der Waals surface area contributed by atoms with Crippen molar-refractivity contribution in [1.82, 2.24) is 0 Å². The zero-order valence-corrected chi connectivity index (χ0v) is 13.2. The molecule has 2 nitrogen and oxygen atoms in total. The fraction of sp³-hybridized carbons (Fsp3) is 0.611. The number of hydrogen-bond acceptors (Lipinski definition) is 2. The van der Waals surface area contributed by atoms with Crippen LogP contribution in [0.15, 0.2) is 18.2 Å². The van der Waals surface area contributed by atoms with Gasteiger partial charge in [0.15, 0.2) is 0 Å². The summed E-state index contributed by atoms with van der Waals surface area (Å²) in [5.41, 5.74) is 2.53. The lowest BCUT2D eigenvalue weighted by molar-refractivity contribution is -0.121. The summed E-state index contributed by atoms with van der Waals surface area (Å²) in [6.45, 7) is 9.32. The van der Waals surface area contributed by atoms with Crippen LogP contribution >= 0.6 is 0 Å². The van der Waals surface area contributed by atoms with E-state index >= 15 is 0 Å². The van der Waals surface area contributed by atoms with E-state index in [0.717, 1.165) is 31.4 Å². The molecular formula is C18H26O2. The third-order valence-corrected chi connectivity index (χ3v) is 4.10. The Kier molecular flexibility index (Phi) is 4.52. The van der Waals surface area contributed by atoms with Gasteiger partial charge in [0.2, 0.25) is 0 Å². The summed E-state index contributed by atoms with van der Waals surface area (Å²) >= 11 is 0. The first-order valence-electron chi connectivity index (χ1n) is 7.64. The molecule has 1 fully saturated rings. The van der Waals surface area contributed by atoms with Gasteiger partial charge >= 0.3 is 0 Å². The number of carbonyl (C=O) groups excluding carboxylic acids is 1. The van der Waals surface area contributed by atoms with E-state index in [4.69, 9.17) is 4.74 Å². The largest absolute Gasteiger partial charge is 0.493 e. The maximum Gasteiger partial charge on any atom is 0.136 e. The molecule has 0 N–H and O–H groups in total. The van der Waals surface area contributed by atoms with Crippen molar-refractivity contribution in [2.45, 2.75) is 58.8 Å². The molecule has 0 aliphatic heterocycles. The van der Waals surface area contributed by atoms with Crippen molar-refractivity contribution < 1.29 is 9.53 Å². The summed E-state index contributed by atoms with van der Waals surface area (Å²) in [5.74, 6) is 1.63. The molecule has 1 unspecified atom stereocenters. The highest BCUT2D eigenvalue weighted by atomic mass is 16.5. The Labute approximate surface area is 122 Å². The van der Waals surface area contributed by atoms with Crippen molar-refractivity contribution in [1.29, 1.82) is 0 Å². The van der Waals surface area contributed by atoms with Gasteiger partial charge in [-0.3, -0.25) is 4.79 Å². The summed E-state index contributed by atoms with van der Waals surface area (Å²) in [7, 11) is 0. The van der Waals surface area contributed by atoms with Crippen LogP contribution < -0.4 is 4.74 Å². The lowest BCUT2D eigenvalue weighted by Crippen LogP contribution is -2.16. The van der Waals surface area contributed by atoms with E-state index in [1.54, 1.807) is 0 Å². The van der Waals surface area contributed by atoms with Gasteiger partial charge in [-0.05, 0) is 48.8 Å². The van der Waals surface area contributed by atoms with Crippen molar-refractivity contribution in [2.24, 2.45) is 5.92 Å². The monoisotopic (exact) mass is 274 g/mol. The third kappa shape index (κ3) is 3.62. The van der Waals surface area contributed by atoms with E-state index in [1.165, 1.54) is 11.1 Å². The fourth-order valence-electron chi connectivity index (χ4n) is 2.87. The molecule has 1 aromatic rings. The molecule has 20 heavy (non-hydrogen) atoms. The first-order valence-corrected chi connectivity index (χ1v) is 7.64. The molecule has 0 radical (unpaired) electrons. The molecule has 2 rings (SSSR count). The molecule has 1 aliphatic rings. The van der Waals surface area contributed by atoms with Gasteiger partial charge in [-0.1, -0.05) is 32.9 Å². The van der Waals surface area contributed by atoms with Gasteiger partial charge in [-0.2, -0.15) is 0 Å². The molecule has 0 heterocycles. The topological polar surface area (TPSA) is 26.3 Å². The summed E-state index contributed by atoms with van der Waals surface area (Å²) in [6.07, 6.45) is 3.72. The second kappa shape index (κ2) is 5.99. The first-order chi connectivity index (χ1) is 9.38. The lowest BCUT2D eigenvalue weighted by atomic mass is 9.86. The van der Waals surface area contributed by atoms with Gasteiger partial charge in [0.25, 0.3) is 0 Å². The van der Waals surface area contributed by atoms with Gasteiger partial charge in [-0.15, -0.1) is 0 Å². The number of ketones is 1. The van der Waals surface area contributed by atoms with Crippen LogP contribution in [0.5, 0.6) is 5.75 Å². The van der Waals surface area contributed by atoms with Crippen molar-refractivity contribution in [3.63, 3.8) is 0 Å². The minimum atomic E-state index is 0.0756. The van der Waals surface area contributed by atoms with E-state index in [1.807, 2.05) is 0 Å². The smallest absolute Gasteiger partial charge is 0.136 e. The van der Waals surface area contributed by atoms with E-state index in [-0.39, 0.29) is 11.3 Å². The van der Waals surface area contributed by atoms with Crippen LogP contribution in [-0.2, 0) is 10.2 Å². The Bertz CT molecular complexity index is 483. The van der Waals surface area contributed by atoms with E-state index in [2.05, 4.69) is 45.9 Å². The molecule has 110 valence electrons. The Balaban J connectivity index is 2.01. The summed E-state index contributed by atoms with van der Waals surface area (Å²) < 4.78 is 6.00. The number of aryl methyl sites for hydroxylation is 1. The minimum Gasteiger partial charge on any atom is -0.493 e. The van der Waals surface area contributed by atoms with Gasteiger partial charge in [0.1, 0.15) is 11.5 Å². The SMILES string of the molecule is Cc1ccc(C(C)(C)C)c(OCCC2CCCC2=O)c1. The Morgan fingerprint density at radius 1 is 1.30 bits per heavy atom. The fourth-order valence-corrected chi connectivity index (χ4v) is 2.87. The highest BCUT2D eigenvalue weighted by molar-refractivity contribution is 5.82. The number of hydrogen-bond donors (Lipinski definition) is 0. The van der Waals surface area contributed by atoms with Gasteiger partial charge in [0, 0.05) is 12.3 Å². The number of benzene rings is 1. The first kappa shape index (κ1) is 15.1. The van der Waals surface area contributed by atoms with Crippen molar-refractivity contribution in [3.8, 4) is 5.75 Å². The van der Waals surface area contributed by atoms with Gasteiger partial charge in [-0.25, -0.2) is 0 Å². The van der Waals surface area contributed by atoms with Crippen LogP contribution in [0.3, 0.4) is 0 Å². The second-order valence-electron chi connectivity index (χ2n) is 6.94. The molecule has 1 aliphatic carbocycles. The number of rotatable bonds is 4. The molecule has 0 amide bonds. The van der Waals surface area contributed by atoms with E-state index in [9.17, 15) is 4.79 Å². The average molecular weight is 274 g/mol.